The molecule has 6 aromatic rings. The first-order valence-electron chi connectivity index (χ1n) is 14.0. The van der Waals surface area contributed by atoms with Gasteiger partial charge >= 0.3 is 0 Å². The third kappa shape index (κ3) is 4.61. The molecule has 0 bridgehead atoms. The summed E-state index contributed by atoms with van der Waals surface area (Å²) in [6, 6.07) is 15.6. The number of aldehydes is 1. The van der Waals surface area contributed by atoms with E-state index in [-0.39, 0.29) is 5.56 Å². The number of halogens is 1. The molecule has 7 rings (SSSR count). The van der Waals surface area contributed by atoms with Gasteiger partial charge in [-0.1, -0.05) is 6.07 Å². The summed E-state index contributed by atoms with van der Waals surface area (Å²) in [6.45, 7) is 0. The molecule has 0 spiro atoms. The first kappa shape index (κ1) is 27.7. The molecule has 0 radical (unpaired) electrons. The number of rotatable bonds is 7. The van der Waals surface area contributed by atoms with Crippen molar-refractivity contribution in [1.82, 2.24) is 34.6 Å². The number of phenols is 1. The summed E-state index contributed by atoms with van der Waals surface area (Å²) in [5.41, 5.74) is 10.1. The Hall–Kier alpha value is -6.11. The lowest BCUT2D eigenvalue weighted by atomic mass is 10.0. The van der Waals surface area contributed by atoms with E-state index in [0.717, 1.165) is 30.0 Å². The number of hydrogen-bond donors (Lipinski definition) is 3. The molecule has 4 heterocycles. The number of phenolic OH excluding ortho intramolecular Hbond substituents is 1. The van der Waals surface area contributed by atoms with Gasteiger partial charge in [0.05, 0.1) is 29.8 Å². The molecule has 0 saturated carbocycles. The van der Waals surface area contributed by atoms with Crippen LogP contribution in [0.3, 0.4) is 0 Å². The lowest BCUT2D eigenvalue weighted by Gasteiger charge is -2.17. The third-order valence-electron chi connectivity index (χ3n) is 7.88. The van der Waals surface area contributed by atoms with Gasteiger partial charge in [-0.25, -0.2) is 24.0 Å². The number of hydrogen-bond acceptors (Lipinski definition) is 9. The molecule has 0 fully saturated rings. The van der Waals surface area contributed by atoms with E-state index in [9.17, 15) is 14.7 Å². The quantitative estimate of drug-likeness (QED) is 0.225. The van der Waals surface area contributed by atoms with Gasteiger partial charge in [-0.3, -0.25) is 14.2 Å². The summed E-state index contributed by atoms with van der Waals surface area (Å²) in [7, 11) is 1.14. The molecule has 13 heteroatoms. The number of methoxy groups -OCH3 is 1. The highest BCUT2D eigenvalue weighted by molar-refractivity contribution is 5.98. The Morgan fingerprint density at radius 1 is 1.16 bits per heavy atom. The zero-order valence-corrected chi connectivity index (χ0v) is 23.8. The van der Waals surface area contributed by atoms with Gasteiger partial charge in [-0.05, 0) is 72.5 Å². The second-order valence-corrected chi connectivity index (χ2v) is 10.4. The number of imidazole rings is 1. The molecule has 2 aromatic carbocycles. The number of amides is 1. The molecule has 45 heavy (non-hydrogen) atoms. The Kier molecular flexibility index (Phi) is 6.69. The van der Waals surface area contributed by atoms with Crippen LogP contribution in [0.25, 0.3) is 34.1 Å². The molecule has 4 aromatic heterocycles. The van der Waals surface area contributed by atoms with Crippen LogP contribution in [0.2, 0.25) is 0 Å². The number of carbonyl (C=O) groups excluding carboxylic acids is 2. The van der Waals surface area contributed by atoms with Gasteiger partial charge in [0.15, 0.2) is 40.9 Å². The fourth-order valence-corrected chi connectivity index (χ4v) is 5.73. The van der Waals surface area contributed by atoms with Gasteiger partial charge in [0.2, 0.25) is 0 Å². The van der Waals surface area contributed by atoms with Crippen LogP contribution in [-0.4, -0.2) is 53.7 Å². The highest BCUT2D eigenvalue weighted by Gasteiger charge is 2.29. The van der Waals surface area contributed by atoms with Crippen LogP contribution < -0.4 is 15.8 Å². The second-order valence-electron chi connectivity index (χ2n) is 10.4. The van der Waals surface area contributed by atoms with Crippen LogP contribution in [0.15, 0.2) is 73.2 Å². The predicted octanol–water partition coefficient (Wildman–Crippen LogP) is 4.33. The SMILES string of the molecule is COc1c(O)c(C=O)cc(C(=O)N[C@H]2CCc3cc(-n4c(-c5cccnc5N)nc5ccc(-n6cccn6)nc54)ccc32)c1F. The number of ether oxygens (including phenoxy) is 1. The summed E-state index contributed by atoms with van der Waals surface area (Å²) >= 11 is 0. The maximum absolute atomic E-state index is 15.0. The van der Waals surface area contributed by atoms with E-state index in [0.29, 0.717) is 53.3 Å². The number of aromatic hydroxyl groups is 1. The van der Waals surface area contributed by atoms with Crippen molar-refractivity contribution < 1.29 is 23.8 Å². The van der Waals surface area contributed by atoms with Crippen molar-refractivity contribution in [1.29, 1.82) is 0 Å². The van der Waals surface area contributed by atoms with E-state index in [1.54, 1.807) is 29.3 Å². The Morgan fingerprint density at radius 3 is 2.78 bits per heavy atom. The first-order valence-corrected chi connectivity index (χ1v) is 14.0. The maximum Gasteiger partial charge on any atom is 0.254 e. The van der Waals surface area contributed by atoms with Crippen LogP contribution in [0, 0.1) is 5.82 Å². The number of nitrogen functional groups attached to an aromatic ring is 1. The molecular formula is C32H25FN8O4. The molecule has 1 atom stereocenters. The van der Waals surface area contributed by atoms with Gasteiger partial charge in [-0.15, -0.1) is 0 Å². The van der Waals surface area contributed by atoms with Crippen LogP contribution >= 0.6 is 0 Å². The Bertz CT molecular complexity index is 2130. The van der Waals surface area contributed by atoms with E-state index in [1.807, 2.05) is 47.0 Å². The van der Waals surface area contributed by atoms with Crippen molar-refractivity contribution in [2.24, 2.45) is 0 Å². The summed E-state index contributed by atoms with van der Waals surface area (Å²) in [6.07, 6.45) is 6.63. The molecule has 1 aliphatic rings. The zero-order chi connectivity index (χ0) is 31.2. The number of fused-ring (bicyclic) bond motifs is 2. The van der Waals surface area contributed by atoms with Crippen molar-refractivity contribution in [2.75, 3.05) is 12.8 Å². The molecule has 12 nitrogen and oxygen atoms in total. The normalized spacial score (nSPS) is 14.0. The number of nitrogens with two attached hydrogens (primary N) is 1. The average molecular weight is 605 g/mol. The molecule has 0 saturated heterocycles. The standard InChI is InChI=1S/C32H25FN8O4/c1-45-28-26(33)22(15-18(16-42)27(28)43)32(44)38-23-8-5-17-14-19(6-7-20(17)23)41-30(21-4-2-11-35-29(21)34)37-24-9-10-25(39-31(24)41)40-13-3-12-36-40/h2-4,6-7,9-16,23,43H,5,8H2,1H3,(H2,34,35)(H,38,44)/t23-/m0/s1. The fraction of sp³-hybridized carbons (Fsp3) is 0.125. The fourth-order valence-electron chi connectivity index (χ4n) is 5.73. The van der Waals surface area contributed by atoms with E-state index in [1.165, 1.54) is 0 Å². The minimum Gasteiger partial charge on any atom is -0.504 e. The Balaban J connectivity index is 1.28. The van der Waals surface area contributed by atoms with Gasteiger partial charge in [0.1, 0.15) is 11.3 Å². The number of nitrogens with zero attached hydrogens (tertiary/aromatic N) is 6. The van der Waals surface area contributed by atoms with E-state index in [4.69, 9.17) is 20.4 Å². The number of pyridine rings is 2. The van der Waals surface area contributed by atoms with Crippen molar-refractivity contribution in [3.05, 3.63) is 101 Å². The minimum atomic E-state index is -1.05. The lowest BCUT2D eigenvalue weighted by molar-refractivity contribution is 0.0931. The third-order valence-corrected chi connectivity index (χ3v) is 7.88. The van der Waals surface area contributed by atoms with Crippen molar-refractivity contribution in [2.45, 2.75) is 18.9 Å². The molecule has 4 N–H and O–H groups in total. The van der Waals surface area contributed by atoms with Crippen molar-refractivity contribution in [3.8, 4) is 34.4 Å². The highest BCUT2D eigenvalue weighted by Crippen LogP contribution is 2.38. The molecule has 1 amide bonds. The smallest absolute Gasteiger partial charge is 0.254 e. The number of nitrogens with one attached hydrogen (secondary N) is 1. The molecule has 1 aliphatic carbocycles. The number of aromatic nitrogens is 6. The molecular weight excluding hydrogens is 579 g/mol. The van der Waals surface area contributed by atoms with Gasteiger partial charge < -0.3 is 20.9 Å². The van der Waals surface area contributed by atoms with E-state index >= 15 is 4.39 Å². The molecule has 0 aliphatic heterocycles. The Morgan fingerprint density at radius 2 is 2.02 bits per heavy atom. The average Bonchev–Trinajstić information content (AvgIpc) is 3.80. The van der Waals surface area contributed by atoms with Crippen LogP contribution in [0.4, 0.5) is 10.2 Å². The summed E-state index contributed by atoms with van der Waals surface area (Å²) in [5, 5.41) is 17.3. The Labute approximate surface area is 254 Å². The van der Waals surface area contributed by atoms with Crippen LogP contribution in [0.5, 0.6) is 11.5 Å². The first-order chi connectivity index (χ1) is 21.9. The van der Waals surface area contributed by atoms with E-state index < -0.39 is 34.8 Å². The summed E-state index contributed by atoms with van der Waals surface area (Å²) < 4.78 is 23.5. The summed E-state index contributed by atoms with van der Waals surface area (Å²) in [4.78, 5) is 38.6. The van der Waals surface area contributed by atoms with Gasteiger partial charge in [0, 0.05) is 24.3 Å². The topological polar surface area (TPSA) is 163 Å². The highest BCUT2D eigenvalue weighted by atomic mass is 19.1. The van der Waals surface area contributed by atoms with Crippen molar-refractivity contribution in [3.63, 3.8) is 0 Å². The molecule has 224 valence electrons. The van der Waals surface area contributed by atoms with Gasteiger partial charge in [-0.2, -0.15) is 5.10 Å². The number of anilines is 1. The minimum absolute atomic E-state index is 0.253. The summed E-state index contributed by atoms with van der Waals surface area (Å²) in [5.74, 6) is -1.52. The van der Waals surface area contributed by atoms with Gasteiger partial charge in [0.25, 0.3) is 5.91 Å². The number of benzene rings is 2. The monoisotopic (exact) mass is 604 g/mol. The number of carbonyl (C=O) groups is 2. The van der Waals surface area contributed by atoms with Crippen LogP contribution in [0.1, 0.15) is 44.3 Å². The largest absolute Gasteiger partial charge is 0.504 e. The second kappa shape index (κ2) is 10.9. The lowest BCUT2D eigenvalue weighted by Crippen LogP contribution is -2.28. The number of aryl methyl sites for hydroxylation is 1. The van der Waals surface area contributed by atoms with Crippen LogP contribution in [-0.2, 0) is 6.42 Å². The van der Waals surface area contributed by atoms with Crippen molar-refractivity contribution >= 4 is 29.2 Å². The molecule has 0 unspecified atom stereocenters. The zero-order valence-electron chi connectivity index (χ0n) is 23.8. The van der Waals surface area contributed by atoms with E-state index in [2.05, 4.69) is 15.4 Å². The maximum atomic E-state index is 15.0. The predicted molar refractivity (Wildman–Crippen MR) is 162 cm³/mol.